The van der Waals surface area contributed by atoms with Gasteiger partial charge in [-0.05, 0) is 37.5 Å². The van der Waals surface area contributed by atoms with Crippen molar-refractivity contribution in [2.45, 2.75) is 27.2 Å². The minimum absolute atomic E-state index is 0.00776. The third-order valence-corrected chi connectivity index (χ3v) is 4.24. The highest BCUT2D eigenvalue weighted by atomic mass is 16.2. The van der Waals surface area contributed by atoms with Gasteiger partial charge in [-0.2, -0.15) is 0 Å². The third-order valence-electron chi connectivity index (χ3n) is 4.24. The summed E-state index contributed by atoms with van der Waals surface area (Å²) >= 11 is 0. The molecule has 7 heteroatoms. The Morgan fingerprint density at radius 3 is 2.69 bits per heavy atom. The van der Waals surface area contributed by atoms with Crippen LogP contribution in [-0.4, -0.2) is 48.9 Å². The molecule has 0 aromatic heterocycles. The van der Waals surface area contributed by atoms with Gasteiger partial charge in [-0.3, -0.25) is 9.59 Å². The zero-order chi connectivity index (χ0) is 19.1. The number of hydrogen-bond donors (Lipinski definition) is 3. The Labute approximate surface area is 154 Å². The Balaban J connectivity index is 1.92. The maximum Gasteiger partial charge on any atom is 0.321 e. The molecule has 1 atom stereocenters. The normalized spacial score (nSPS) is 16.5. The van der Waals surface area contributed by atoms with Crippen LogP contribution < -0.4 is 16.0 Å². The first-order valence-corrected chi connectivity index (χ1v) is 9.12. The molecule has 0 aliphatic carbocycles. The SMILES string of the molecule is CCNC(=O)C1CCN(C(=O)Nc2cccc(C(=O)NCC(C)C)c2)C1. The number of likely N-dealkylation sites (tertiary alicyclic amines) is 1. The molecule has 1 fully saturated rings. The van der Waals surface area contributed by atoms with Crippen molar-refractivity contribution in [1.29, 1.82) is 0 Å². The topological polar surface area (TPSA) is 90.5 Å². The molecule has 3 N–H and O–H groups in total. The van der Waals surface area contributed by atoms with Gasteiger partial charge in [-0.25, -0.2) is 4.79 Å². The summed E-state index contributed by atoms with van der Waals surface area (Å²) in [6.07, 6.45) is 0.664. The van der Waals surface area contributed by atoms with Crippen LogP contribution in [0.5, 0.6) is 0 Å². The molecule has 4 amide bonds. The molecule has 142 valence electrons. The minimum Gasteiger partial charge on any atom is -0.356 e. The number of benzene rings is 1. The van der Waals surface area contributed by atoms with E-state index < -0.39 is 0 Å². The van der Waals surface area contributed by atoms with Crippen LogP contribution in [-0.2, 0) is 4.79 Å². The van der Waals surface area contributed by atoms with Gasteiger partial charge in [-0.15, -0.1) is 0 Å². The molecule has 0 bridgehead atoms. The van der Waals surface area contributed by atoms with Gasteiger partial charge < -0.3 is 20.9 Å². The van der Waals surface area contributed by atoms with Crippen molar-refractivity contribution in [1.82, 2.24) is 15.5 Å². The van der Waals surface area contributed by atoms with E-state index in [-0.39, 0.29) is 23.8 Å². The number of amides is 4. The number of hydrogen-bond acceptors (Lipinski definition) is 3. The summed E-state index contributed by atoms with van der Waals surface area (Å²) in [6, 6.07) is 6.60. The second kappa shape index (κ2) is 9.22. The summed E-state index contributed by atoms with van der Waals surface area (Å²) in [6.45, 7) is 8.08. The Bertz CT molecular complexity index is 660. The zero-order valence-corrected chi connectivity index (χ0v) is 15.7. The summed E-state index contributed by atoms with van der Waals surface area (Å²) in [5, 5.41) is 8.46. The molecule has 26 heavy (non-hydrogen) atoms. The molecule has 1 aromatic rings. The molecular formula is C19H28N4O3. The number of rotatable bonds is 6. The van der Waals surface area contributed by atoms with E-state index in [1.807, 2.05) is 20.8 Å². The number of urea groups is 1. The maximum atomic E-state index is 12.4. The molecule has 0 spiro atoms. The number of nitrogens with zero attached hydrogens (tertiary/aromatic N) is 1. The Morgan fingerprint density at radius 1 is 1.23 bits per heavy atom. The van der Waals surface area contributed by atoms with Crippen LogP contribution >= 0.6 is 0 Å². The monoisotopic (exact) mass is 360 g/mol. The average molecular weight is 360 g/mol. The van der Waals surface area contributed by atoms with E-state index in [4.69, 9.17) is 0 Å². The fraction of sp³-hybridized carbons (Fsp3) is 0.526. The molecule has 1 aliphatic rings. The lowest BCUT2D eigenvalue weighted by atomic mass is 10.1. The van der Waals surface area contributed by atoms with Crippen LogP contribution in [0.3, 0.4) is 0 Å². The van der Waals surface area contributed by atoms with Crippen LogP contribution in [0.1, 0.15) is 37.6 Å². The Morgan fingerprint density at radius 2 is 2.00 bits per heavy atom. The van der Waals surface area contributed by atoms with Gasteiger partial charge in [0.05, 0.1) is 5.92 Å². The first-order valence-electron chi connectivity index (χ1n) is 9.12. The quantitative estimate of drug-likeness (QED) is 0.725. The minimum atomic E-state index is -0.253. The van der Waals surface area contributed by atoms with Crippen molar-refractivity contribution >= 4 is 23.5 Å². The number of anilines is 1. The highest BCUT2D eigenvalue weighted by Crippen LogP contribution is 2.18. The zero-order valence-electron chi connectivity index (χ0n) is 15.7. The van der Waals surface area contributed by atoms with Gasteiger partial charge >= 0.3 is 6.03 Å². The summed E-state index contributed by atoms with van der Waals surface area (Å²) < 4.78 is 0. The molecular weight excluding hydrogens is 332 g/mol. The van der Waals surface area contributed by atoms with Crippen molar-refractivity contribution in [3.05, 3.63) is 29.8 Å². The molecule has 7 nitrogen and oxygen atoms in total. The van der Waals surface area contributed by atoms with Crippen molar-refractivity contribution in [3.63, 3.8) is 0 Å². The third kappa shape index (κ3) is 5.47. The summed E-state index contributed by atoms with van der Waals surface area (Å²) in [5.74, 6) is 0.0441. The summed E-state index contributed by atoms with van der Waals surface area (Å²) in [5.41, 5.74) is 1.07. The Hall–Kier alpha value is -2.57. The van der Waals surface area contributed by atoms with Crippen LogP contribution in [0.15, 0.2) is 24.3 Å². The highest BCUT2D eigenvalue weighted by Gasteiger charge is 2.30. The average Bonchev–Trinajstić information content (AvgIpc) is 3.10. The standard InChI is InChI=1S/C19H28N4O3/c1-4-20-18(25)15-8-9-23(12-15)19(26)22-16-7-5-6-14(10-16)17(24)21-11-13(2)3/h5-7,10,13,15H,4,8-9,11-12H2,1-3H3,(H,20,25)(H,21,24)(H,22,26). The van der Waals surface area contributed by atoms with Gasteiger partial charge in [0, 0.05) is 37.4 Å². The van der Waals surface area contributed by atoms with Gasteiger partial charge in [-0.1, -0.05) is 19.9 Å². The predicted molar refractivity (Wildman–Crippen MR) is 101 cm³/mol. The van der Waals surface area contributed by atoms with Crippen LogP contribution in [0.25, 0.3) is 0 Å². The molecule has 1 aromatic carbocycles. The predicted octanol–water partition coefficient (Wildman–Crippen LogP) is 2.06. The highest BCUT2D eigenvalue weighted by molar-refractivity contribution is 5.97. The van der Waals surface area contributed by atoms with Gasteiger partial charge in [0.2, 0.25) is 5.91 Å². The molecule has 1 heterocycles. The van der Waals surface area contributed by atoms with E-state index in [1.54, 1.807) is 29.2 Å². The van der Waals surface area contributed by atoms with Crippen LogP contribution in [0.4, 0.5) is 10.5 Å². The number of nitrogens with one attached hydrogen (secondary N) is 3. The summed E-state index contributed by atoms with van der Waals surface area (Å²) in [7, 11) is 0. The van der Waals surface area contributed by atoms with Crippen molar-refractivity contribution in [2.24, 2.45) is 11.8 Å². The van der Waals surface area contributed by atoms with Crippen LogP contribution in [0.2, 0.25) is 0 Å². The Kier molecular flexibility index (Phi) is 7.00. The molecule has 1 aliphatic heterocycles. The van der Waals surface area contributed by atoms with E-state index in [0.29, 0.717) is 49.8 Å². The smallest absolute Gasteiger partial charge is 0.321 e. The van der Waals surface area contributed by atoms with E-state index in [2.05, 4.69) is 16.0 Å². The lowest BCUT2D eigenvalue weighted by molar-refractivity contribution is -0.124. The van der Waals surface area contributed by atoms with E-state index >= 15 is 0 Å². The first-order chi connectivity index (χ1) is 12.4. The van der Waals surface area contributed by atoms with Crippen LogP contribution in [0, 0.1) is 11.8 Å². The fourth-order valence-electron chi connectivity index (χ4n) is 2.82. The lowest BCUT2D eigenvalue weighted by Gasteiger charge is -2.17. The molecule has 2 rings (SSSR count). The number of carbonyl (C=O) groups excluding carboxylic acids is 3. The van der Waals surface area contributed by atoms with Crippen molar-refractivity contribution in [3.8, 4) is 0 Å². The molecule has 0 radical (unpaired) electrons. The lowest BCUT2D eigenvalue weighted by Crippen LogP contribution is -2.36. The van der Waals surface area contributed by atoms with E-state index in [0.717, 1.165) is 0 Å². The van der Waals surface area contributed by atoms with E-state index in [1.165, 1.54) is 0 Å². The second-order valence-corrected chi connectivity index (χ2v) is 6.94. The molecule has 0 saturated carbocycles. The van der Waals surface area contributed by atoms with Gasteiger partial charge in [0.1, 0.15) is 0 Å². The molecule has 1 saturated heterocycles. The molecule has 1 unspecified atom stereocenters. The maximum absolute atomic E-state index is 12.4. The van der Waals surface area contributed by atoms with E-state index in [9.17, 15) is 14.4 Å². The number of carbonyl (C=O) groups is 3. The second-order valence-electron chi connectivity index (χ2n) is 6.94. The fourth-order valence-corrected chi connectivity index (χ4v) is 2.82. The largest absolute Gasteiger partial charge is 0.356 e. The van der Waals surface area contributed by atoms with Gasteiger partial charge in [0.25, 0.3) is 5.91 Å². The summed E-state index contributed by atoms with van der Waals surface area (Å²) in [4.78, 5) is 38.1. The first kappa shape index (κ1) is 19.8. The van der Waals surface area contributed by atoms with Crippen molar-refractivity contribution in [2.75, 3.05) is 31.5 Å². The van der Waals surface area contributed by atoms with Gasteiger partial charge in [0.15, 0.2) is 0 Å². The van der Waals surface area contributed by atoms with Crippen molar-refractivity contribution < 1.29 is 14.4 Å².